The minimum absolute atomic E-state index is 0.454. The highest BCUT2D eigenvalue weighted by atomic mass is 35.5. The normalized spacial score (nSPS) is 9.21. The van der Waals surface area contributed by atoms with E-state index in [9.17, 15) is 4.79 Å². The van der Waals surface area contributed by atoms with Crippen LogP contribution in [-0.2, 0) is 9.63 Å². The molecule has 1 aromatic rings. The van der Waals surface area contributed by atoms with Gasteiger partial charge in [0, 0.05) is 23.6 Å². The molecule has 2 N–H and O–H groups in total. The topological polar surface area (TPSA) is 50.4 Å². The molecule has 1 rings (SSSR count). The number of hydrogen-bond acceptors (Lipinski definition) is 3. The first-order valence-electron chi connectivity index (χ1n) is 6.14. The van der Waals surface area contributed by atoms with E-state index >= 15 is 0 Å². The molecular formula is C13H24Cl2N2O2. The molecule has 6 heteroatoms. The molecule has 0 saturated heterocycles. The minimum Gasteiger partial charge on any atom is -0.273 e. The molecule has 0 aliphatic rings. The largest absolute Gasteiger partial charge is 0.273 e. The van der Waals surface area contributed by atoms with E-state index in [1.807, 2.05) is 73.9 Å². The van der Waals surface area contributed by atoms with Crippen molar-refractivity contribution < 1.29 is 9.63 Å². The maximum Gasteiger partial charge on any atom is 0.265 e. The molecule has 0 aliphatic carbocycles. The van der Waals surface area contributed by atoms with Gasteiger partial charge in [0.2, 0.25) is 0 Å². The summed E-state index contributed by atoms with van der Waals surface area (Å²) in [7, 11) is 0. The van der Waals surface area contributed by atoms with Crippen molar-refractivity contribution in [3.63, 3.8) is 0 Å². The summed E-state index contributed by atoms with van der Waals surface area (Å²) < 4.78 is 0. The molecule has 0 spiro atoms. The molecule has 112 valence electrons. The minimum atomic E-state index is -0.694. The quantitative estimate of drug-likeness (QED) is 0.654. The van der Waals surface area contributed by atoms with Gasteiger partial charge in [-0.25, -0.2) is 0 Å². The van der Waals surface area contributed by atoms with Gasteiger partial charge in [-0.15, -0.1) is 5.00 Å². The van der Waals surface area contributed by atoms with Crippen LogP contribution in [0.4, 0.5) is 0 Å². The van der Waals surface area contributed by atoms with Gasteiger partial charge in [-0.3, -0.25) is 14.5 Å². The van der Waals surface area contributed by atoms with Gasteiger partial charge in [0.15, 0.2) is 6.10 Å². The highest BCUT2D eigenvalue weighted by Gasteiger charge is 2.10. The van der Waals surface area contributed by atoms with Crippen LogP contribution in [0.3, 0.4) is 0 Å². The van der Waals surface area contributed by atoms with Crippen LogP contribution in [0.15, 0.2) is 36.4 Å². The van der Waals surface area contributed by atoms with Gasteiger partial charge in [0.1, 0.15) is 0 Å². The summed E-state index contributed by atoms with van der Waals surface area (Å²) in [6.07, 6.45) is -0.694. The maximum absolute atomic E-state index is 10.4. The highest BCUT2D eigenvalue weighted by molar-refractivity contribution is 6.22. The monoisotopic (exact) mass is 310 g/mol. The predicted molar refractivity (Wildman–Crippen MR) is 82.7 cm³/mol. The van der Waals surface area contributed by atoms with Crippen LogP contribution in [-0.4, -0.2) is 12.0 Å². The highest BCUT2D eigenvalue weighted by Crippen LogP contribution is 1.87. The van der Waals surface area contributed by atoms with E-state index in [0.29, 0.717) is 0 Å². The van der Waals surface area contributed by atoms with E-state index in [4.69, 9.17) is 23.6 Å². The Morgan fingerprint density at radius 1 is 0.947 bits per heavy atom. The maximum atomic E-state index is 10.4. The first-order chi connectivity index (χ1) is 9.22. The fourth-order valence-electron chi connectivity index (χ4n) is 0.582. The fraction of sp³-hybridized carbons (Fsp3) is 0.462. The number of carbonyl (C=O) groups is 1. The lowest BCUT2D eigenvalue weighted by Crippen LogP contribution is -2.30. The lowest BCUT2D eigenvalue weighted by Gasteiger charge is -2.05. The first kappa shape index (κ1) is 23.3. The number of halogens is 2. The summed E-state index contributed by atoms with van der Waals surface area (Å²) >= 11 is 9.83. The van der Waals surface area contributed by atoms with Crippen LogP contribution >= 0.6 is 23.6 Å². The lowest BCUT2D eigenvalue weighted by atomic mass is 10.4. The van der Waals surface area contributed by atoms with Crippen LogP contribution in [0, 0.1) is 0 Å². The van der Waals surface area contributed by atoms with Crippen molar-refractivity contribution in [3.8, 4) is 0 Å². The summed E-state index contributed by atoms with van der Waals surface area (Å²) in [5.74, 6) is -0.454. The molecule has 0 saturated carbocycles. The van der Waals surface area contributed by atoms with Gasteiger partial charge in [-0.2, -0.15) is 0 Å². The Bertz CT molecular complexity index is 235. The molecule has 1 aromatic carbocycles. The van der Waals surface area contributed by atoms with Crippen molar-refractivity contribution >= 4 is 29.5 Å². The summed E-state index contributed by atoms with van der Waals surface area (Å²) in [6.45, 7) is 9.49. The smallest absolute Gasteiger partial charge is 0.265 e. The van der Waals surface area contributed by atoms with Gasteiger partial charge in [-0.05, 0) is 6.92 Å². The van der Waals surface area contributed by atoms with Crippen molar-refractivity contribution in [1.29, 1.82) is 0 Å². The van der Waals surface area contributed by atoms with E-state index in [2.05, 4.69) is 4.84 Å². The van der Waals surface area contributed by atoms with Gasteiger partial charge < -0.3 is 0 Å². The Morgan fingerprint density at radius 2 is 1.26 bits per heavy atom. The van der Waals surface area contributed by atoms with Crippen molar-refractivity contribution in [2.24, 2.45) is 0 Å². The fourth-order valence-corrected chi connectivity index (χ4v) is 0.869. The summed E-state index contributed by atoms with van der Waals surface area (Å²) in [5.41, 5.74) is 0. The average Bonchev–Trinajstić information content (AvgIpc) is 2.53. The number of carbonyl (C=O) groups excluding carboxylic acids is 1. The molecule has 1 amide bonds. The number of nitrogens with one attached hydrogen (secondary N) is 2. The average molecular weight is 311 g/mol. The molecule has 0 fully saturated rings. The Morgan fingerprint density at radius 3 is 1.47 bits per heavy atom. The molecule has 0 bridgehead atoms. The van der Waals surface area contributed by atoms with Crippen LogP contribution < -0.4 is 9.84 Å². The van der Waals surface area contributed by atoms with Crippen LogP contribution in [0.1, 0.15) is 34.6 Å². The zero-order chi connectivity index (χ0) is 15.5. The van der Waals surface area contributed by atoms with Crippen molar-refractivity contribution in [1.82, 2.24) is 9.84 Å². The Balaban J connectivity index is -0.000000221. The number of hydrogen-bond donors (Lipinski definition) is 2. The Labute approximate surface area is 126 Å². The van der Waals surface area contributed by atoms with E-state index in [1.54, 1.807) is 0 Å². The van der Waals surface area contributed by atoms with Gasteiger partial charge in [0.05, 0.1) is 0 Å². The third-order valence-electron chi connectivity index (χ3n) is 1.35. The molecular weight excluding hydrogens is 287 g/mol. The van der Waals surface area contributed by atoms with Crippen LogP contribution in [0.5, 0.6) is 0 Å². The van der Waals surface area contributed by atoms with Gasteiger partial charge in [-0.1, -0.05) is 64.1 Å². The second kappa shape index (κ2) is 22.4. The molecule has 0 aliphatic heterocycles. The number of rotatable bonds is 3. The van der Waals surface area contributed by atoms with Gasteiger partial charge >= 0.3 is 0 Å². The summed E-state index contributed by atoms with van der Waals surface area (Å²) in [6, 6.07) is 12.0. The van der Waals surface area contributed by atoms with Crippen LogP contribution in [0.25, 0.3) is 0 Å². The number of benzene rings is 1. The molecule has 19 heavy (non-hydrogen) atoms. The third kappa shape index (κ3) is 19.7. The van der Waals surface area contributed by atoms with E-state index in [0.717, 1.165) is 0 Å². The van der Waals surface area contributed by atoms with Crippen molar-refractivity contribution in [3.05, 3.63) is 36.4 Å². The van der Waals surface area contributed by atoms with Crippen LogP contribution in [0.2, 0.25) is 0 Å². The molecule has 0 heterocycles. The molecule has 1 atom stereocenters. The van der Waals surface area contributed by atoms with Crippen molar-refractivity contribution in [2.45, 2.75) is 40.7 Å². The second-order valence-electron chi connectivity index (χ2n) is 2.45. The molecule has 4 nitrogen and oxygen atoms in total. The summed E-state index contributed by atoms with van der Waals surface area (Å²) in [4.78, 5) is 18.5. The van der Waals surface area contributed by atoms with E-state index < -0.39 is 12.0 Å². The molecule has 0 radical (unpaired) electrons. The zero-order valence-electron chi connectivity index (χ0n) is 12.1. The number of amides is 1. The van der Waals surface area contributed by atoms with E-state index in [-0.39, 0.29) is 0 Å². The second-order valence-corrected chi connectivity index (χ2v) is 2.79. The SMILES string of the molecule is CC.CC.CC(ONCl)C(=O)NCl.c1ccccc1. The van der Waals surface area contributed by atoms with Crippen molar-refractivity contribution in [2.75, 3.05) is 0 Å². The predicted octanol–water partition coefficient (Wildman–Crippen LogP) is 4.06. The molecule has 1 unspecified atom stereocenters. The Hall–Kier alpha value is -0.810. The Kier molecular flexibility index (Phi) is 27.4. The standard InChI is InChI=1S/C6H6.C3H6Cl2N2O2.2C2H6/c1-2-4-6-5-3-1;1-2(9-7-5)3(8)6-4;2*1-2/h1-6H;2,7H,1H3,(H,6,8);2*1-2H3. The molecule has 0 aromatic heterocycles. The first-order valence-corrected chi connectivity index (χ1v) is 6.89. The zero-order valence-corrected chi connectivity index (χ0v) is 13.6. The van der Waals surface area contributed by atoms with Gasteiger partial charge in [0.25, 0.3) is 5.91 Å². The third-order valence-corrected chi connectivity index (χ3v) is 1.63. The van der Waals surface area contributed by atoms with E-state index in [1.165, 1.54) is 6.92 Å². The lowest BCUT2D eigenvalue weighted by molar-refractivity contribution is -0.131. The summed E-state index contributed by atoms with van der Waals surface area (Å²) in [5, 5.41) is 0.